The van der Waals surface area contributed by atoms with Crippen molar-refractivity contribution in [1.82, 2.24) is 4.90 Å². The molecule has 4 atom stereocenters. The highest BCUT2D eigenvalue weighted by molar-refractivity contribution is 5.87. The van der Waals surface area contributed by atoms with Crippen LogP contribution in [-0.4, -0.2) is 35.0 Å². The summed E-state index contributed by atoms with van der Waals surface area (Å²) in [5, 5.41) is 9.35. The number of hydrogen-bond acceptors (Lipinski definition) is 2. The van der Waals surface area contributed by atoms with Crippen LogP contribution in [0.4, 0.5) is 0 Å². The van der Waals surface area contributed by atoms with Crippen LogP contribution in [0.25, 0.3) is 0 Å². The molecule has 1 amide bonds. The van der Waals surface area contributed by atoms with Gasteiger partial charge in [-0.1, -0.05) is 12.2 Å². The first kappa shape index (κ1) is 11.8. The van der Waals surface area contributed by atoms with Crippen molar-refractivity contribution >= 4 is 11.9 Å². The quantitative estimate of drug-likeness (QED) is 0.755. The van der Waals surface area contributed by atoms with E-state index in [-0.39, 0.29) is 23.7 Å². The normalized spacial score (nSPS) is 38.1. The first-order chi connectivity index (χ1) is 8.68. The zero-order valence-electron chi connectivity index (χ0n) is 10.4. The van der Waals surface area contributed by atoms with Crippen molar-refractivity contribution in [2.45, 2.75) is 25.7 Å². The van der Waals surface area contributed by atoms with Gasteiger partial charge in [-0.25, -0.2) is 0 Å². The Kier molecular flexibility index (Phi) is 2.88. The number of carbonyl (C=O) groups excluding carboxylic acids is 1. The molecule has 0 aromatic rings. The number of allylic oxidation sites excluding steroid dienone is 2. The van der Waals surface area contributed by atoms with Gasteiger partial charge < -0.3 is 10.0 Å². The Bertz CT molecular complexity index is 398. The minimum Gasteiger partial charge on any atom is -0.481 e. The summed E-state index contributed by atoms with van der Waals surface area (Å²) in [7, 11) is 0. The van der Waals surface area contributed by atoms with Crippen molar-refractivity contribution in [2.24, 2.45) is 23.7 Å². The zero-order chi connectivity index (χ0) is 12.7. The van der Waals surface area contributed by atoms with Crippen LogP contribution in [0.2, 0.25) is 0 Å². The van der Waals surface area contributed by atoms with E-state index in [0.717, 1.165) is 32.4 Å². The molecule has 0 radical (unpaired) electrons. The lowest BCUT2D eigenvalue weighted by atomic mass is 9.82. The average molecular weight is 249 g/mol. The predicted octanol–water partition coefficient (Wildman–Crippen LogP) is 1.52. The molecule has 3 aliphatic rings. The molecule has 4 heteroatoms. The number of carboxylic acid groups (broad SMARTS) is 1. The lowest BCUT2D eigenvalue weighted by Gasteiger charge is -2.33. The van der Waals surface area contributed by atoms with E-state index >= 15 is 0 Å². The number of amides is 1. The number of rotatable bonds is 2. The minimum atomic E-state index is -0.804. The van der Waals surface area contributed by atoms with E-state index in [0.29, 0.717) is 0 Å². The van der Waals surface area contributed by atoms with Crippen molar-refractivity contribution in [1.29, 1.82) is 0 Å². The maximum absolute atomic E-state index is 12.5. The third kappa shape index (κ3) is 1.74. The van der Waals surface area contributed by atoms with E-state index in [9.17, 15) is 14.7 Å². The molecule has 1 saturated heterocycles. The van der Waals surface area contributed by atoms with Crippen LogP contribution in [-0.2, 0) is 9.59 Å². The van der Waals surface area contributed by atoms with Crippen LogP contribution in [0.5, 0.6) is 0 Å². The molecule has 3 rings (SSSR count). The van der Waals surface area contributed by atoms with E-state index in [1.807, 2.05) is 11.0 Å². The van der Waals surface area contributed by atoms with Gasteiger partial charge in [0.25, 0.3) is 0 Å². The van der Waals surface area contributed by atoms with Crippen molar-refractivity contribution in [3.8, 4) is 0 Å². The van der Waals surface area contributed by atoms with E-state index in [1.54, 1.807) is 0 Å². The van der Waals surface area contributed by atoms with Gasteiger partial charge >= 0.3 is 5.97 Å². The zero-order valence-corrected chi connectivity index (χ0v) is 10.4. The summed E-state index contributed by atoms with van der Waals surface area (Å²) in [6.45, 7) is 1.62. The second kappa shape index (κ2) is 4.41. The van der Waals surface area contributed by atoms with Gasteiger partial charge in [0.15, 0.2) is 0 Å². The molecule has 4 nitrogen and oxygen atoms in total. The number of nitrogens with zero attached hydrogens (tertiary/aromatic N) is 1. The smallest absolute Gasteiger partial charge is 0.307 e. The molecule has 1 heterocycles. The largest absolute Gasteiger partial charge is 0.481 e. The fourth-order valence-electron chi connectivity index (χ4n) is 3.82. The molecule has 1 N–H and O–H groups in total. The Balaban J connectivity index is 1.79. The van der Waals surface area contributed by atoms with Gasteiger partial charge in [0.05, 0.1) is 11.8 Å². The minimum absolute atomic E-state index is 0.0752. The number of hydrogen-bond donors (Lipinski definition) is 1. The van der Waals surface area contributed by atoms with Gasteiger partial charge in [-0.2, -0.15) is 0 Å². The van der Waals surface area contributed by atoms with Gasteiger partial charge in [0.1, 0.15) is 0 Å². The molecule has 0 aromatic carbocycles. The molecule has 98 valence electrons. The maximum Gasteiger partial charge on any atom is 0.307 e. The summed E-state index contributed by atoms with van der Waals surface area (Å²) < 4.78 is 0. The molecule has 2 aliphatic carbocycles. The molecule has 2 fully saturated rings. The maximum atomic E-state index is 12.5. The Labute approximate surface area is 107 Å². The van der Waals surface area contributed by atoms with Crippen LogP contribution in [0.15, 0.2) is 12.2 Å². The molecule has 2 bridgehead atoms. The average Bonchev–Trinajstić information content (AvgIpc) is 2.99. The highest BCUT2D eigenvalue weighted by Crippen LogP contribution is 2.48. The lowest BCUT2D eigenvalue weighted by molar-refractivity contribution is -0.151. The van der Waals surface area contributed by atoms with E-state index in [4.69, 9.17) is 0 Å². The van der Waals surface area contributed by atoms with Gasteiger partial charge in [0, 0.05) is 13.1 Å². The SMILES string of the molecule is O=C(O)[C@@H]1[C@@H](C(=O)N2CCCCC2)[C@H]2C=C[C@H]1C2. The van der Waals surface area contributed by atoms with Crippen LogP contribution in [0.1, 0.15) is 25.7 Å². The van der Waals surface area contributed by atoms with E-state index in [2.05, 4.69) is 6.08 Å². The van der Waals surface area contributed by atoms with E-state index < -0.39 is 11.9 Å². The van der Waals surface area contributed by atoms with Crippen molar-refractivity contribution in [3.63, 3.8) is 0 Å². The third-order valence-corrected chi connectivity index (χ3v) is 4.70. The summed E-state index contributed by atoms with van der Waals surface area (Å²) in [5.41, 5.74) is 0. The lowest BCUT2D eigenvalue weighted by Crippen LogP contribution is -2.44. The highest BCUT2D eigenvalue weighted by Gasteiger charge is 2.52. The molecule has 0 unspecified atom stereocenters. The second-order valence-corrected chi connectivity index (χ2v) is 5.72. The van der Waals surface area contributed by atoms with E-state index in [1.165, 1.54) is 6.42 Å². The number of carboxylic acids is 1. The van der Waals surface area contributed by atoms with Gasteiger partial charge in [-0.15, -0.1) is 0 Å². The van der Waals surface area contributed by atoms with Crippen molar-refractivity contribution in [2.75, 3.05) is 13.1 Å². The molecule has 0 spiro atoms. The Hall–Kier alpha value is -1.32. The van der Waals surface area contributed by atoms with Crippen LogP contribution in [0, 0.1) is 23.7 Å². The summed E-state index contributed by atoms with van der Waals surface area (Å²) >= 11 is 0. The first-order valence-electron chi connectivity index (χ1n) is 6.88. The third-order valence-electron chi connectivity index (χ3n) is 4.70. The fourth-order valence-corrected chi connectivity index (χ4v) is 3.82. The van der Waals surface area contributed by atoms with Crippen molar-refractivity contribution < 1.29 is 14.7 Å². The molecule has 18 heavy (non-hydrogen) atoms. The topological polar surface area (TPSA) is 57.6 Å². The summed E-state index contributed by atoms with van der Waals surface area (Å²) in [6.07, 6.45) is 8.18. The van der Waals surface area contributed by atoms with Crippen LogP contribution < -0.4 is 0 Å². The molecular formula is C14H19NO3. The number of carbonyl (C=O) groups is 2. The van der Waals surface area contributed by atoms with Gasteiger partial charge in [0.2, 0.25) is 5.91 Å². The van der Waals surface area contributed by atoms with Crippen LogP contribution in [0.3, 0.4) is 0 Å². The first-order valence-corrected chi connectivity index (χ1v) is 6.88. The number of likely N-dealkylation sites (tertiary alicyclic amines) is 1. The standard InChI is InChI=1S/C14H19NO3/c16-13(15-6-2-1-3-7-15)11-9-4-5-10(8-9)12(11)14(17)18/h4-5,9-12H,1-3,6-8H2,(H,17,18)/t9-,10-,11-,12-/m0/s1. The molecule has 0 aromatic heterocycles. The molecule has 1 aliphatic heterocycles. The van der Waals surface area contributed by atoms with Crippen LogP contribution >= 0.6 is 0 Å². The highest BCUT2D eigenvalue weighted by atomic mass is 16.4. The Morgan fingerprint density at radius 1 is 1.00 bits per heavy atom. The number of aliphatic carboxylic acids is 1. The Morgan fingerprint density at radius 3 is 2.22 bits per heavy atom. The molecular weight excluding hydrogens is 230 g/mol. The number of fused-ring (bicyclic) bond motifs is 2. The predicted molar refractivity (Wildman–Crippen MR) is 65.8 cm³/mol. The summed E-state index contributed by atoms with van der Waals surface area (Å²) in [5.74, 6) is -1.29. The second-order valence-electron chi connectivity index (χ2n) is 5.72. The fraction of sp³-hybridized carbons (Fsp3) is 0.714. The Morgan fingerprint density at radius 2 is 1.61 bits per heavy atom. The molecule has 1 saturated carbocycles. The number of piperidine rings is 1. The summed E-state index contributed by atoms with van der Waals surface area (Å²) in [6, 6.07) is 0. The van der Waals surface area contributed by atoms with Gasteiger partial charge in [-0.05, 0) is 37.5 Å². The van der Waals surface area contributed by atoms with Crippen molar-refractivity contribution in [3.05, 3.63) is 12.2 Å². The monoisotopic (exact) mass is 249 g/mol. The summed E-state index contributed by atoms with van der Waals surface area (Å²) in [4.78, 5) is 25.8. The van der Waals surface area contributed by atoms with Gasteiger partial charge in [-0.3, -0.25) is 9.59 Å².